The van der Waals surface area contributed by atoms with Crippen molar-refractivity contribution in [2.75, 3.05) is 5.32 Å². The van der Waals surface area contributed by atoms with Crippen LogP contribution >= 0.6 is 23.2 Å². The molecule has 0 bridgehead atoms. The highest BCUT2D eigenvalue weighted by atomic mass is 35.5. The average Bonchev–Trinajstić information content (AvgIpc) is 3.05. The van der Waals surface area contributed by atoms with Crippen molar-refractivity contribution in [2.45, 2.75) is 18.7 Å². The Morgan fingerprint density at radius 1 is 1.19 bits per heavy atom. The van der Waals surface area contributed by atoms with Gasteiger partial charge in [-0.3, -0.25) is 4.79 Å². The van der Waals surface area contributed by atoms with Gasteiger partial charge in [-0.05, 0) is 30.3 Å². The van der Waals surface area contributed by atoms with E-state index in [1.807, 2.05) is 0 Å². The van der Waals surface area contributed by atoms with E-state index in [2.05, 4.69) is 10.5 Å². The zero-order valence-corrected chi connectivity index (χ0v) is 14.8. The molecule has 10 heteroatoms. The molecule has 2 aromatic carbocycles. The van der Waals surface area contributed by atoms with Crippen LogP contribution in [0.5, 0.6) is 0 Å². The van der Waals surface area contributed by atoms with Gasteiger partial charge in [0, 0.05) is 12.1 Å². The number of benzene rings is 2. The predicted molar refractivity (Wildman–Crippen MR) is 92.5 cm³/mol. The smallest absolute Gasteiger partial charge is 0.382 e. The minimum Gasteiger partial charge on any atom is -0.382 e. The number of hydrogen-bond acceptors (Lipinski definition) is 3. The molecule has 1 N–H and O–H groups in total. The Bertz CT molecular complexity index is 911. The molecule has 4 nitrogen and oxygen atoms in total. The first-order valence-corrected chi connectivity index (χ1v) is 8.27. The SMILES string of the molecule is O=C(Nc1ccc(Cl)c(C(F)(F)F)c1)C1CC(c2c(F)cccc2Cl)=NO1. The quantitative estimate of drug-likeness (QED) is 0.686. The van der Waals surface area contributed by atoms with Crippen LogP contribution in [0, 0.1) is 5.82 Å². The third kappa shape index (κ3) is 4.17. The molecular formula is C17H10Cl2F4N2O2. The zero-order chi connectivity index (χ0) is 19.8. The van der Waals surface area contributed by atoms with Crippen LogP contribution in [0.2, 0.25) is 10.0 Å². The number of hydrogen-bond donors (Lipinski definition) is 1. The molecule has 0 saturated heterocycles. The fourth-order valence-corrected chi connectivity index (χ4v) is 2.98. The highest BCUT2D eigenvalue weighted by Crippen LogP contribution is 2.36. The summed E-state index contributed by atoms with van der Waals surface area (Å²) in [6.45, 7) is 0. The van der Waals surface area contributed by atoms with E-state index in [0.29, 0.717) is 6.07 Å². The summed E-state index contributed by atoms with van der Waals surface area (Å²) >= 11 is 11.5. The molecule has 0 aromatic heterocycles. The molecule has 3 rings (SSSR count). The maximum Gasteiger partial charge on any atom is 0.417 e. The summed E-state index contributed by atoms with van der Waals surface area (Å²) in [6, 6.07) is 7.02. The van der Waals surface area contributed by atoms with Gasteiger partial charge < -0.3 is 10.2 Å². The molecular weight excluding hydrogens is 411 g/mol. The van der Waals surface area contributed by atoms with E-state index in [1.165, 1.54) is 24.3 Å². The Labute approximate surface area is 160 Å². The molecule has 1 aliphatic rings. The standard InChI is InChI=1S/C17H10Cl2F4N2O2/c18-10-5-4-8(6-9(10)17(21,22)23)24-16(26)14-7-13(25-27-14)15-11(19)2-1-3-12(15)20/h1-6,14H,7H2,(H,24,26). The molecule has 0 fully saturated rings. The average molecular weight is 421 g/mol. The van der Waals surface area contributed by atoms with E-state index in [9.17, 15) is 22.4 Å². The Kier molecular flexibility index (Phi) is 5.30. The van der Waals surface area contributed by atoms with Crippen molar-refractivity contribution in [3.05, 3.63) is 63.4 Å². The highest BCUT2D eigenvalue weighted by Gasteiger charge is 2.34. The van der Waals surface area contributed by atoms with Crippen molar-refractivity contribution in [3.8, 4) is 0 Å². The number of anilines is 1. The number of carbonyl (C=O) groups excluding carboxylic acids is 1. The van der Waals surface area contributed by atoms with Gasteiger partial charge in [0.15, 0.2) is 0 Å². The summed E-state index contributed by atoms with van der Waals surface area (Å²) in [4.78, 5) is 17.2. The van der Waals surface area contributed by atoms with Gasteiger partial charge in [0.2, 0.25) is 6.10 Å². The van der Waals surface area contributed by atoms with Crippen LogP contribution < -0.4 is 5.32 Å². The van der Waals surface area contributed by atoms with Gasteiger partial charge in [-0.25, -0.2) is 4.39 Å². The lowest BCUT2D eigenvalue weighted by molar-refractivity contribution is -0.137. The number of nitrogens with one attached hydrogen (secondary N) is 1. The summed E-state index contributed by atoms with van der Waals surface area (Å²) < 4.78 is 52.6. The van der Waals surface area contributed by atoms with Crippen molar-refractivity contribution in [3.63, 3.8) is 0 Å². The van der Waals surface area contributed by atoms with Crippen LogP contribution in [0.25, 0.3) is 0 Å². The Hall–Kier alpha value is -2.32. The zero-order valence-electron chi connectivity index (χ0n) is 13.3. The lowest BCUT2D eigenvalue weighted by Crippen LogP contribution is -2.28. The maximum atomic E-state index is 13.9. The molecule has 0 radical (unpaired) electrons. The fraction of sp³-hybridized carbons (Fsp3) is 0.176. The number of rotatable bonds is 3. The number of nitrogens with zero attached hydrogens (tertiary/aromatic N) is 1. The minimum atomic E-state index is -4.67. The summed E-state index contributed by atoms with van der Waals surface area (Å²) in [5.74, 6) is -1.37. The van der Waals surface area contributed by atoms with Gasteiger partial charge in [-0.2, -0.15) is 13.2 Å². The van der Waals surface area contributed by atoms with Gasteiger partial charge in [-0.15, -0.1) is 0 Å². The molecule has 2 aromatic rings. The van der Waals surface area contributed by atoms with Crippen molar-refractivity contribution in [1.29, 1.82) is 0 Å². The fourth-order valence-electron chi connectivity index (χ4n) is 2.48. The van der Waals surface area contributed by atoms with E-state index in [0.717, 1.165) is 6.07 Å². The van der Waals surface area contributed by atoms with E-state index in [-0.39, 0.29) is 28.4 Å². The molecule has 1 unspecified atom stereocenters. The Morgan fingerprint density at radius 3 is 2.59 bits per heavy atom. The topological polar surface area (TPSA) is 50.7 Å². The van der Waals surface area contributed by atoms with E-state index < -0.39 is 34.6 Å². The van der Waals surface area contributed by atoms with Crippen molar-refractivity contribution >= 4 is 40.5 Å². The molecule has 0 spiro atoms. The van der Waals surface area contributed by atoms with Crippen LogP contribution in [0.3, 0.4) is 0 Å². The first-order valence-electron chi connectivity index (χ1n) is 7.51. The first kappa shape index (κ1) is 19.4. The molecule has 1 heterocycles. The molecule has 1 atom stereocenters. The predicted octanol–water partition coefficient (Wildman–Crippen LogP) is 5.28. The van der Waals surface area contributed by atoms with E-state index in [4.69, 9.17) is 28.0 Å². The van der Waals surface area contributed by atoms with Crippen LogP contribution in [0.4, 0.5) is 23.2 Å². The second kappa shape index (κ2) is 7.36. The lowest BCUT2D eigenvalue weighted by Gasteiger charge is -2.13. The van der Waals surface area contributed by atoms with Gasteiger partial charge in [0.1, 0.15) is 5.82 Å². The number of oxime groups is 1. The summed E-state index contributed by atoms with van der Waals surface area (Å²) in [5.41, 5.74) is -1.05. The highest BCUT2D eigenvalue weighted by molar-refractivity contribution is 6.34. The van der Waals surface area contributed by atoms with Crippen molar-refractivity contribution < 1.29 is 27.2 Å². The lowest BCUT2D eigenvalue weighted by atomic mass is 10.0. The summed E-state index contributed by atoms with van der Waals surface area (Å²) in [6.07, 6.45) is -5.90. The third-order valence-corrected chi connectivity index (χ3v) is 4.40. The maximum absolute atomic E-state index is 13.9. The van der Waals surface area contributed by atoms with E-state index >= 15 is 0 Å². The van der Waals surface area contributed by atoms with Gasteiger partial charge in [0.25, 0.3) is 5.91 Å². The molecule has 0 saturated carbocycles. The van der Waals surface area contributed by atoms with Crippen LogP contribution in [0.15, 0.2) is 41.6 Å². The molecule has 1 amide bonds. The Balaban J connectivity index is 1.73. The second-order valence-corrected chi connectivity index (χ2v) is 6.43. The normalized spacial score (nSPS) is 16.7. The van der Waals surface area contributed by atoms with Crippen LogP contribution in [0.1, 0.15) is 17.5 Å². The number of carbonyl (C=O) groups is 1. The van der Waals surface area contributed by atoms with Gasteiger partial charge in [-0.1, -0.05) is 34.4 Å². The van der Waals surface area contributed by atoms with Crippen LogP contribution in [-0.2, 0) is 15.8 Å². The monoisotopic (exact) mass is 420 g/mol. The summed E-state index contributed by atoms with van der Waals surface area (Å²) in [7, 11) is 0. The van der Waals surface area contributed by atoms with Crippen molar-refractivity contribution in [1.82, 2.24) is 0 Å². The Morgan fingerprint density at radius 2 is 1.93 bits per heavy atom. The third-order valence-electron chi connectivity index (χ3n) is 3.75. The van der Waals surface area contributed by atoms with Gasteiger partial charge >= 0.3 is 6.18 Å². The summed E-state index contributed by atoms with van der Waals surface area (Å²) in [5, 5.41) is 5.59. The molecule has 0 aliphatic carbocycles. The van der Waals surface area contributed by atoms with Crippen LogP contribution in [-0.4, -0.2) is 17.7 Å². The molecule has 27 heavy (non-hydrogen) atoms. The minimum absolute atomic E-state index is 0.0142. The number of alkyl halides is 3. The largest absolute Gasteiger partial charge is 0.417 e. The van der Waals surface area contributed by atoms with Gasteiger partial charge in [0.05, 0.1) is 26.9 Å². The first-order chi connectivity index (χ1) is 12.7. The van der Waals surface area contributed by atoms with Crippen molar-refractivity contribution in [2.24, 2.45) is 5.16 Å². The number of amides is 1. The second-order valence-electron chi connectivity index (χ2n) is 5.61. The molecule has 1 aliphatic heterocycles. The molecule has 142 valence electrons. The van der Waals surface area contributed by atoms with E-state index in [1.54, 1.807) is 0 Å². The number of halogens is 6.